The number of carbonyl (C=O) groups is 1. The number of likely N-dealkylation sites (N-methyl/N-ethyl adjacent to an activating group) is 1. The first-order chi connectivity index (χ1) is 8.76. The van der Waals surface area contributed by atoms with Gasteiger partial charge in [0.25, 0.3) is 0 Å². The molecule has 0 rings (SSSR count). The molecule has 0 saturated carbocycles. The lowest BCUT2D eigenvalue weighted by atomic mass is 10.1. The second kappa shape index (κ2) is 12.9. The smallest absolute Gasteiger partial charge is 0.323 e. The molecule has 0 saturated heterocycles. The van der Waals surface area contributed by atoms with Gasteiger partial charge in [-0.3, -0.25) is 4.79 Å². The van der Waals surface area contributed by atoms with Crippen LogP contribution in [0.3, 0.4) is 0 Å². The number of esters is 1. The van der Waals surface area contributed by atoms with Crippen LogP contribution < -0.4 is 5.32 Å². The van der Waals surface area contributed by atoms with Crippen molar-refractivity contribution in [3.8, 4) is 0 Å². The van der Waals surface area contributed by atoms with Gasteiger partial charge in [0.05, 0.1) is 6.61 Å². The molecule has 0 spiro atoms. The van der Waals surface area contributed by atoms with Crippen LogP contribution in [0.5, 0.6) is 0 Å². The third kappa shape index (κ3) is 9.46. The van der Waals surface area contributed by atoms with Crippen LogP contribution in [0, 0.1) is 0 Å². The van der Waals surface area contributed by atoms with Gasteiger partial charge >= 0.3 is 5.97 Å². The minimum absolute atomic E-state index is 0.0923. The standard InChI is InChI=1S/C15H31NO2/c1-4-7-8-9-10-11-12-13-14(16-5-2)15(17)18-6-3/h14,16H,4-13H2,1-3H3. The highest BCUT2D eigenvalue weighted by atomic mass is 16.5. The zero-order chi connectivity index (χ0) is 13.6. The molecule has 0 aromatic heterocycles. The van der Waals surface area contributed by atoms with E-state index in [4.69, 9.17) is 4.74 Å². The Morgan fingerprint density at radius 3 is 2.17 bits per heavy atom. The highest BCUT2D eigenvalue weighted by molar-refractivity contribution is 5.75. The molecule has 0 aromatic rings. The van der Waals surface area contributed by atoms with Crippen molar-refractivity contribution in [1.82, 2.24) is 5.32 Å². The quantitative estimate of drug-likeness (QED) is 0.428. The maximum Gasteiger partial charge on any atom is 0.323 e. The van der Waals surface area contributed by atoms with Gasteiger partial charge in [-0.2, -0.15) is 0 Å². The third-order valence-corrected chi connectivity index (χ3v) is 3.12. The molecule has 0 bridgehead atoms. The van der Waals surface area contributed by atoms with Crippen molar-refractivity contribution in [3.63, 3.8) is 0 Å². The van der Waals surface area contributed by atoms with E-state index in [0.717, 1.165) is 19.4 Å². The van der Waals surface area contributed by atoms with Crippen molar-refractivity contribution in [3.05, 3.63) is 0 Å². The summed E-state index contributed by atoms with van der Waals surface area (Å²) in [4.78, 5) is 11.7. The summed E-state index contributed by atoms with van der Waals surface area (Å²) in [7, 11) is 0. The van der Waals surface area contributed by atoms with E-state index in [9.17, 15) is 4.79 Å². The molecular weight excluding hydrogens is 226 g/mol. The number of carbonyl (C=O) groups excluding carboxylic acids is 1. The van der Waals surface area contributed by atoms with E-state index in [0.29, 0.717) is 6.61 Å². The maximum absolute atomic E-state index is 11.7. The van der Waals surface area contributed by atoms with Gasteiger partial charge in [-0.1, -0.05) is 58.8 Å². The molecule has 0 aliphatic carbocycles. The van der Waals surface area contributed by atoms with Gasteiger partial charge in [0, 0.05) is 0 Å². The van der Waals surface area contributed by atoms with Gasteiger partial charge in [0.1, 0.15) is 6.04 Å². The molecular formula is C15H31NO2. The predicted octanol–water partition coefficient (Wildman–Crippen LogP) is 3.67. The third-order valence-electron chi connectivity index (χ3n) is 3.12. The van der Waals surface area contributed by atoms with Crippen LogP contribution in [-0.2, 0) is 9.53 Å². The Labute approximate surface area is 113 Å². The summed E-state index contributed by atoms with van der Waals surface area (Å²) in [6.07, 6.45) is 9.87. The topological polar surface area (TPSA) is 38.3 Å². The average Bonchev–Trinajstić information content (AvgIpc) is 2.36. The zero-order valence-electron chi connectivity index (χ0n) is 12.5. The second-order valence-electron chi connectivity index (χ2n) is 4.77. The fourth-order valence-electron chi connectivity index (χ4n) is 2.10. The second-order valence-corrected chi connectivity index (χ2v) is 4.77. The van der Waals surface area contributed by atoms with E-state index in [-0.39, 0.29) is 12.0 Å². The monoisotopic (exact) mass is 257 g/mol. The molecule has 108 valence electrons. The Bertz CT molecular complexity index is 195. The summed E-state index contributed by atoms with van der Waals surface area (Å²) in [5.41, 5.74) is 0. The lowest BCUT2D eigenvalue weighted by molar-refractivity contribution is -0.145. The number of nitrogens with one attached hydrogen (secondary N) is 1. The number of rotatable bonds is 12. The van der Waals surface area contributed by atoms with Crippen molar-refractivity contribution >= 4 is 5.97 Å². The molecule has 1 atom stereocenters. The van der Waals surface area contributed by atoms with Crippen molar-refractivity contribution in [2.24, 2.45) is 0 Å². The minimum atomic E-state index is -0.106. The van der Waals surface area contributed by atoms with Gasteiger partial charge in [-0.25, -0.2) is 0 Å². The molecule has 0 aliphatic heterocycles. The molecule has 1 N–H and O–H groups in total. The molecule has 0 aliphatic rings. The zero-order valence-corrected chi connectivity index (χ0v) is 12.5. The van der Waals surface area contributed by atoms with Crippen LogP contribution in [0.4, 0.5) is 0 Å². The highest BCUT2D eigenvalue weighted by Crippen LogP contribution is 2.10. The summed E-state index contributed by atoms with van der Waals surface area (Å²) >= 11 is 0. The van der Waals surface area contributed by atoms with Crippen LogP contribution in [0.15, 0.2) is 0 Å². The summed E-state index contributed by atoms with van der Waals surface area (Å²) in [6.45, 7) is 7.41. The van der Waals surface area contributed by atoms with Gasteiger partial charge in [-0.15, -0.1) is 0 Å². The SMILES string of the molecule is CCCCCCCCCC(NCC)C(=O)OCC. The van der Waals surface area contributed by atoms with Crippen LogP contribution in [0.2, 0.25) is 0 Å². The summed E-state index contributed by atoms with van der Waals surface area (Å²) in [5.74, 6) is -0.0923. The van der Waals surface area contributed by atoms with Crippen molar-refractivity contribution in [2.75, 3.05) is 13.2 Å². The molecule has 18 heavy (non-hydrogen) atoms. The predicted molar refractivity (Wildman–Crippen MR) is 76.7 cm³/mol. The summed E-state index contributed by atoms with van der Waals surface area (Å²) < 4.78 is 5.07. The molecule has 0 amide bonds. The fraction of sp³-hybridized carbons (Fsp3) is 0.933. The Morgan fingerprint density at radius 2 is 1.61 bits per heavy atom. The number of ether oxygens (including phenoxy) is 1. The van der Waals surface area contributed by atoms with Gasteiger partial charge in [0.15, 0.2) is 0 Å². The van der Waals surface area contributed by atoms with Crippen molar-refractivity contribution in [2.45, 2.75) is 78.2 Å². The molecule has 0 heterocycles. The molecule has 1 unspecified atom stereocenters. The summed E-state index contributed by atoms with van der Waals surface area (Å²) in [5, 5.41) is 3.20. The lowest BCUT2D eigenvalue weighted by Crippen LogP contribution is -2.37. The number of hydrogen-bond acceptors (Lipinski definition) is 3. The molecule has 0 fully saturated rings. The lowest BCUT2D eigenvalue weighted by Gasteiger charge is -2.15. The Morgan fingerprint density at radius 1 is 1.00 bits per heavy atom. The van der Waals surface area contributed by atoms with E-state index in [1.54, 1.807) is 0 Å². The fourth-order valence-corrected chi connectivity index (χ4v) is 2.10. The van der Waals surface area contributed by atoms with E-state index < -0.39 is 0 Å². The summed E-state index contributed by atoms with van der Waals surface area (Å²) in [6, 6.07) is -0.106. The maximum atomic E-state index is 11.7. The van der Waals surface area contributed by atoms with Gasteiger partial charge < -0.3 is 10.1 Å². The molecule has 3 nitrogen and oxygen atoms in total. The Hall–Kier alpha value is -0.570. The Balaban J connectivity index is 3.60. The van der Waals surface area contributed by atoms with Crippen LogP contribution in [-0.4, -0.2) is 25.2 Å². The molecule has 0 radical (unpaired) electrons. The van der Waals surface area contributed by atoms with E-state index >= 15 is 0 Å². The first-order valence-electron chi connectivity index (χ1n) is 7.66. The van der Waals surface area contributed by atoms with E-state index in [2.05, 4.69) is 12.2 Å². The van der Waals surface area contributed by atoms with Crippen LogP contribution >= 0.6 is 0 Å². The first kappa shape index (κ1) is 17.4. The minimum Gasteiger partial charge on any atom is -0.465 e. The van der Waals surface area contributed by atoms with Gasteiger partial charge in [0.2, 0.25) is 0 Å². The van der Waals surface area contributed by atoms with Crippen LogP contribution in [0.1, 0.15) is 72.1 Å². The molecule has 3 heteroatoms. The number of hydrogen-bond donors (Lipinski definition) is 1. The van der Waals surface area contributed by atoms with Gasteiger partial charge in [-0.05, 0) is 19.9 Å². The molecule has 0 aromatic carbocycles. The normalized spacial score (nSPS) is 12.4. The van der Waals surface area contributed by atoms with Crippen LogP contribution in [0.25, 0.3) is 0 Å². The Kier molecular flexibility index (Phi) is 12.5. The average molecular weight is 257 g/mol. The van der Waals surface area contributed by atoms with Crippen molar-refractivity contribution < 1.29 is 9.53 Å². The van der Waals surface area contributed by atoms with E-state index in [1.807, 2.05) is 13.8 Å². The van der Waals surface area contributed by atoms with E-state index in [1.165, 1.54) is 38.5 Å². The highest BCUT2D eigenvalue weighted by Gasteiger charge is 2.17. The number of unbranched alkanes of at least 4 members (excludes halogenated alkanes) is 6. The largest absolute Gasteiger partial charge is 0.465 e. The van der Waals surface area contributed by atoms with Crippen molar-refractivity contribution in [1.29, 1.82) is 0 Å². The first-order valence-corrected chi connectivity index (χ1v) is 7.66.